The van der Waals surface area contributed by atoms with Crippen molar-refractivity contribution in [3.63, 3.8) is 0 Å². The Morgan fingerprint density at radius 1 is 0.673 bits per heavy atom. The fourth-order valence-electron chi connectivity index (χ4n) is 6.49. The molecule has 0 aromatic rings. The average molecular weight is 807 g/mol. The van der Waals surface area contributed by atoms with Crippen molar-refractivity contribution >= 4 is 16.4 Å². The van der Waals surface area contributed by atoms with Crippen molar-refractivity contribution in [1.82, 2.24) is 0 Å². The van der Waals surface area contributed by atoms with E-state index in [2.05, 4.69) is 42.3 Å². The number of hydrogen-bond acceptors (Lipinski definition) is 11. The van der Waals surface area contributed by atoms with Gasteiger partial charge in [-0.3, -0.25) is 9.35 Å². The maximum absolute atomic E-state index is 12.8. The monoisotopic (exact) mass is 807 g/mol. The van der Waals surface area contributed by atoms with Crippen molar-refractivity contribution in [3.8, 4) is 0 Å². The Hall–Kier alpha value is -1.42. The smallest absolute Gasteiger partial charge is 0.397 e. The molecule has 1 fully saturated rings. The molecule has 0 aromatic heterocycles. The first kappa shape index (κ1) is 51.6. The lowest BCUT2D eigenvalue weighted by Crippen LogP contribution is -2.60. The normalized spacial score (nSPS) is 21.2. The van der Waals surface area contributed by atoms with Gasteiger partial charge in [-0.25, -0.2) is 4.18 Å². The third-order valence-electron chi connectivity index (χ3n) is 9.78. The van der Waals surface area contributed by atoms with Crippen LogP contribution in [0.15, 0.2) is 24.3 Å². The number of aliphatic hydroxyl groups is 3. The molecular formula is C42H78O12S. The molecule has 6 unspecified atom stereocenters. The SMILES string of the molecule is CCC/C=C\CCCCCCCC(=O)OC(COCCCCCCCCCC/C=C\CCCCCCCC)COC1OC(CO)C(O)C(OS(=O)(=O)O)C1O. The van der Waals surface area contributed by atoms with Crippen molar-refractivity contribution in [2.75, 3.05) is 26.4 Å². The van der Waals surface area contributed by atoms with E-state index >= 15 is 0 Å². The van der Waals surface area contributed by atoms with Crippen molar-refractivity contribution in [2.24, 2.45) is 0 Å². The average Bonchev–Trinajstić information content (AvgIpc) is 3.15. The van der Waals surface area contributed by atoms with Crippen molar-refractivity contribution in [3.05, 3.63) is 24.3 Å². The summed E-state index contributed by atoms with van der Waals surface area (Å²) in [6, 6.07) is 0. The molecule has 4 N–H and O–H groups in total. The highest BCUT2D eigenvalue weighted by atomic mass is 32.3. The zero-order chi connectivity index (χ0) is 40.4. The van der Waals surface area contributed by atoms with Crippen LogP contribution in [0.25, 0.3) is 0 Å². The van der Waals surface area contributed by atoms with E-state index in [1.54, 1.807) is 0 Å². The first-order valence-electron chi connectivity index (χ1n) is 21.6. The first-order chi connectivity index (χ1) is 26.6. The van der Waals surface area contributed by atoms with Crippen LogP contribution in [0.3, 0.4) is 0 Å². The zero-order valence-corrected chi connectivity index (χ0v) is 35.1. The van der Waals surface area contributed by atoms with E-state index in [4.69, 9.17) is 23.5 Å². The fraction of sp³-hybridized carbons (Fsp3) is 0.881. The van der Waals surface area contributed by atoms with Crippen LogP contribution in [0, 0.1) is 0 Å². The molecule has 0 bridgehead atoms. The molecule has 55 heavy (non-hydrogen) atoms. The van der Waals surface area contributed by atoms with Gasteiger partial charge in [-0.2, -0.15) is 8.42 Å². The second-order valence-corrected chi connectivity index (χ2v) is 16.0. The van der Waals surface area contributed by atoms with Gasteiger partial charge in [-0.15, -0.1) is 0 Å². The van der Waals surface area contributed by atoms with Crippen LogP contribution in [0.1, 0.15) is 174 Å². The lowest BCUT2D eigenvalue weighted by atomic mass is 9.99. The standard InChI is InChI=1S/C42H78O12S/c1-3-5-7-9-11-13-15-16-17-18-19-20-21-22-24-26-28-30-32-50-34-36(52-38(44)31-29-27-25-23-14-12-10-8-6-4-2)35-51-42-40(46)41(54-55(47,48)49)39(45)37(33-43)53-42/h8,10,16-17,36-37,39-43,45-46H,3-7,9,11-15,18-35H2,1-2H3,(H,47,48,49)/b10-8-,17-16-. The highest BCUT2D eigenvalue weighted by molar-refractivity contribution is 7.80. The molecule has 1 saturated heterocycles. The largest absolute Gasteiger partial charge is 0.457 e. The van der Waals surface area contributed by atoms with Gasteiger partial charge in [0.1, 0.15) is 30.5 Å². The second-order valence-electron chi connectivity index (χ2n) is 14.9. The topological polar surface area (TPSA) is 178 Å². The number of rotatable bonds is 37. The molecule has 324 valence electrons. The summed E-state index contributed by atoms with van der Waals surface area (Å²) >= 11 is 0. The predicted octanol–water partition coefficient (Wildman–Crippen LogP) is 8.46. The number of carbonyl (C=O) groups is 1. The van der Waals surface area contributed by atoms with E-state index in [1.807, 2.05) is 0 Å². The van der Waals surface area contributed by atoms with E-state index in [9.17, 15) is 28.5 Å². The Morgan fingerprint density at radius 2 is 1.18 bits per heavy atom. The van der Waals surface area contributed by atoms with Gasteiger partial charge in [0.05, 0.1) is 19.8 Å². The third-order valence-corrected chi connectivity index (χ3v) is 10.2. The molecule has 0 radical (unpaired) electrons. The second kappa shape index (κ2) is 34.6. The maximum atomic E-state index is 12.8. The molecule has 1 aliphatic rings. The number of aliphatic hydroxyl groups excluding tert-OH is 3. The Balaban J connectivity index is 2.42. The van der Waals surface area contributed by atoms with E-state index in [0.717, 1.165) is 64.2 Å². The third kappa shape index (κ3) is 28.6. The van der Waals surface area contributed by atoms with Crippen LogP contribution in [-0.2, 0) is 38.3 Å². The van der Waals surface area contributed by atoms with Gasteiger partial charge in [-0.05, 0) is 57.8 Å². The van der Waals surface area contributed by atoms with Gasteiger partial charge >= 0.3 is 16.4 Å². The highest BCUT2D eigenvalue weighted by Crippen LogP contribution is 2.26. The number of esters is 1. The molecule has 13 heteroatoms. The Bertz CT molecular complexity index is 1070. The van der Waals surface area contributed by atoms with Gasteiger partial charge in [0.25, 0.3) is 0 Å². The van der Waals surface area contributed by atoms with Crippen molar-refractivity contribution < 1.29 is 56.2 Å². The summed E-state index contributed by atoms with van der Waals surface area (Å²) in [7, 11) is -5.06. The molecule has 1 heterocycles. The molecule has 0 spiro atoms. The molecule has 0 aromatic carbocycles. The molecule has 0 aliphatic carbocycles. The molecule has 0 saturated carbocycles. The Kier molecular flexibility index (Phi) is 32.5. The summed E-state index contributed by atoms with van der Waals surface area (Å²) < 4.78 is 58.9. The van der Waals surface area contributed by atoms with Crippen LogP contribution in [-0.4, -0.2) is 97.5 Å². The van der Waals surface area contributed by atoms with E-state index in [1.165, 1.54) is 83.5 Å². The minimum absolute atomic E-state index is 0.0323. The molecule has 12 nitrogen and oxygen atoms in total. The summed E-state index contributed by atoms with van der Waals surface area (Å²) in [5.74, 6) is -0.412. The Morgan fingerprint density at radius 3 is 1.71 bits per heavy atom. The summed E-state index contributed by atoms with van der Waals surface area (Å²) in [5.41, 5.74) is 0. The van der Waals surface area contributed by atoms with E-state index in [-0.39, 0.29) is 19.6 Å². The minimum atomic E-state index is -5.06. The number of allylic oxidation sites excluding steroid dienone is 4. The number of carbonyl (C=O) groups excluding carboxylic acids is 1. The molecule has 6 atom stereocenters. The van der Waals surface area contributed by atoms with Crippen LogP contribution in [0.4, 0.5) is 0 Å². The first-order valence-corrected chi connectivity index (χ1v) is 23.0. The van der Waals surface area contributed by atoms with Gasteiger partial charge in [0, 0.05) is 13.0 Å². The summed E-state index contributed by atoms with van der Waals surface area (Å²) in [6.45, 7) is 3.90. The lowest BCUT2D eigenvalue weighted by Gasteiger charge is -2.41. The number of hydrogen-bond donors (Lipinski definition) is 4. The van der Waals surface area contributed by atoms with Gasteiger partial charge in [0.15, 0.2) is 6.29 Å². The predicted molar refractivity (Wildman–Crippen MR) is 216 cm³/mol. The highest BCUT2D eigenvalue weighted by Gasteiger charge is 2.48. The van der Waals surface area contributed by atoms with E-state index < -0.39 is 59.8 Å². The molecule has 1 rings (SSSR count). The van der Waals surface area contributed by atoms with Gasteiger partial charge in [0.2, 0.25) is 0 Å². The minimum Gasteiger partial charge on any atom is -0.457 e. The zero-order valence-electron chi connectivity index (χ0n) is 34.2. The van der Waals surface area contributed by atoms with E-state index in [0.29, 0.717) is 13.0 Å². The van der Waals surface area contributed by atoms with Crippen molar-refractivity contribution in [2.45, 2.75) is 211 Å². The number of unbranched alkanes of at least 4 members (excludes halogenated alkanes) is 20. The maximum Gasteiger partial charge on any atom is 0.397 e. The van der Waals surface area contributed by atoms with Crippen molar-refractivity contribution in [1.29, 1.82) is 0 Å². The molecule has 0 amide bonds. The summed E-state index contributed by atoms with van der Waals surface area (Å²) in [4.78, 5) is 12.8. The fourth-order valence-corrected chi connectivity index (χ4v) is 7.00. The molecule has 1 aliphatic heterocycles. The quantitative estimate of drug-likeness (QED) is 0.0204. The Labute approximate surface area is 333 Å². The summed E-state index contributed by atoms with van der Waals surface area (Å²) in [5, 5.41) is 30.6. The number of ether oxygens (including phenoxy) is 4. The summed E-state index contributed by atoms with van der Waals surface area (Å²) in [6.07, 6.45) is 28.0. The lowest BCUT2D eigenvalue weighted by molar-refractivity contribution is -0.301. The molecular weight excluding hydrogens is 729 g/mol. The van der Waals surface area contributed by atoms with Gasteiger partial charge in [-0.1, -0.05) is 134 Å². The van der Waals surface area contributed by atoms with Crippen LogP contribution >= 0.6 is 0 Å². The van der Waals surface area contributed by atoms with Crippen LogP contribution < -0.4 is 0 Å². The van der Waals surface area contributed by atoms with Gasteiger partial charge < -0.3 is 34.3 Å². The van der Waals surface area contributed by atoms with Crippen LogP contribution in [0.2, 0.25) is 0 Å². The van der Waals surface area contributed by atoms with Crippen LogP contribution in [0.5, 0.6) is 0 Å².